The Morgan fingerprint density at radius 3 is 2.55 bits per heavy atom. The number of para-hydroxylation sites is 1. The van der Waals surface area contributed by atoms with Crippen molar-refractivity contribution in [2.75, 3.05) is 16.4 Å². The van der Waals surface area contributed by atoms with Gasteiger partial charge in [0.05, 0.1) is 28.8 Å². The molecule has 0 unspecified atom stereocenters. The van der Waals surface area contributed by atoms with Crippen LogP contribution in [0.2, 0.25) is 0 Å². The number of nitrogens with zero attached hydrogens (tertiary/aromatic N) is 2. The maximum Gasteiger partial charge on any atom is 0.418 e. The fourth-order valence-electron chi connectivity index (χ4n) is 3.32. The predicted octanol–water partition coefficient (Wildman–Crippen LogP) is 2.56. The number of anilines is 1. The molecule has 2 aliphatic rings. The zero-order valence-corrected chi connectivity index (χ0v) is 16.6. The van der Waals surface area contributed by atoms with E-state index < -0.39 is 44.7 Å². The molecule has 7 nitrogen and oxygen atoms in total. The first-order chi connectivity index (χ1) is 13.5. The number of sulfone groups is 1. The van der Waals surface area contributed by atoms with Gasteiger partial charge in [-0.1, -0.05) is 23.9 Å². The summed E-state index contributed by atoms with van der Waals surface area (Å²) in [7, 11) is -3.42. The molecule has 1 amide bonds. The lowest BCUT2D eigenvalue weighted by Gasteiger charge is -2.27. The molecule has 1 N–H and O–H groups in total. The molecule has 0 bridgehead atoms. The van der Waals surface area contributed by atoms with Crippen molar-refractivity contribution in [3.63, 3.8) is 0 Å². The molecule has 0 spiro atoms. The van der Waals surface area contributed by atoms with E-state index in [-0.39, 0.29) is 41.6 Å². The van der Waals surface area contributed by atoms with Crippen LogP contribution in [0.25, 0.3) is 0 Å². The van der Waals surface area contributed by atoms with Gasteiger partial charge in [-0.05, 0) is 18.6 Å². The van der Waals surface area contributed by atoms with Gasteiger partial charge in [0.2, 0.25) is 5.91 Å². The lowest BCUT2D eigenvalue weighted by atomic mass is 10.1. The van der Waals surface area contributed by atoms with E-state index in [4.69, 9.17) is 5.11 Å². The van der Waals surface area contributed by atoms with Crippen LogP contribution in [0.4, 0.5) is 18.9 Å². The molecule has 29 heavy (non-hydrogen) atoms. The molecule has 2 aliphatic heterocycles. The summed E-state index contributed by atoms with van der Waals surface area (Å²) < 4.78 is 64.6. The number of carboxylic acids is 1. The average molecular weight is 450 g/mol. The lowest BCUT2D eigenvalue weighted by Crippen LogP contribution is -2.39. The van der Waals surface area contributed by atoms with E-state index in [1.54, 1.807) is 0 Å². The number of benzene rings is 1. The van der Waals surface area contributed by atoms with Gasteiger partial charge in [0.1, 0.15) is 0 Å². The van der Waals surface area contributed by atoms with Crippen LogP contribution in [-0.2, 0) is 25.6 Å². The first-order valence-corrected chi connectivity index (χ1v) is 11.3. The SMILES string of the molecule is O=C(O)CCCC(=O)N=C1S[C@H]2CS(=O)(=O)C[C@@H]2N1c1ccccc1C(F)(F)F. The highest BCUT2D eigenvalue weighted by Gasteiger charge is 2.51. The number of rotatable bonds is 5. The number of hydrogen-bond acceptors (Lipinski definition) is 5. The van der Waals surface area contributed by atoms with Crippen LogP contribution in [0.3, 0.4) is 0 Å². The van der Waals surface area contributed by atoms with Crippen molar-refractivity contribution in [2.24, 2.45) is 4.99 Å². The summed E-state index contributed by atoms with van der Waals surface area (Å²) in [6, 6.07) is 3.98. The van der Waals surface area contributed by atoms with E-state index in [9.17, 15) is 31.2 Å². The standard InChI is InChI=1S/C17H17F3N2O5S2/c18-17(19,20)10-4-1-2-5-11(10)22-12-8-29(26,27)9-13(12)28-16(22)21-14(23)6-3-7-15(24)25/h1-2,4-5,12-13H,3,6-9H2,(H,24,25)/t12-,13-/m0/s1. The number of carbonyl (C=O) groups excluding carboxylic acids is 1. The van der Waals surface area contributed by atoms with Crippen molar-refractivity contribution < 1.29 is 36.3 Å². The highest BCUT2D eigenvalue weighted by atomic mass is 32.2. The second-order valence-electron chi connectivity index (χ2n) is 6.72. The fraction of sp³-hybridized carbons (Fsp3) is 0.471. The molecular formula is C17H17F3N2O5S2. The summed E-state index contributed by atoms with van der Waals surface area (Å²) in [4.78, 5) is 27.8. The van der Waals surface area contributed by atoms with Crippen molar-refractivity contribution in [3.8, 4) is 0 Å². The molecule has 0 aromatic heterocycles. The van der Waals surface area contributed by atoms with E-state index in [1.807, 2.05) is 0 Å². The highest BCUT2D eigenvalue weighted by Crippen LogP contribution is 2.45. The Bertz CT molecular complexity index is 962. The van der Waals surface area contributed by atoms with E-state index in [2.05, 4.69) is 4.99 Å². The first-order valence-electron chi connectivity index (χ1n) is 8.64. The van der Waals surface area contributed by atoms with Crippen molar-refractivity contribution in [2.45, 2.75) is 36.7 Å². The molecule has 0 radical (unpaired) electrons. The number of aliphatic imine (C=N–C) groups is 1. The first kappa shape index (κ1) is 21.6. The number of hydrogen-bond donors (Lipinski definition) is 1. The summed E-state index contributed by atoms with van der Waals surface area (Å²) in [6.07, 6.45) is -5.02. The van der Waals surface area contributed by atoms with Crippen LogP contribution in [0, 0.1) is 0 Å². The summed E-state index contributed by atoms with van der Waals surface area (Å²) in [6.45, 7) is 0. The second-order valence-corrected chi connectivity index (χ2v) is 10.1. The van der Waals surface area contributed by atoms with Crippen LogP contribution >= 0.6 is 11.8 Å². The molecule has 158 valence electrons. The number of halogens is 3. The molecule has 2 heterocycles. The molecular weight excluding hydrogens is 433 g/mol. The number of amides is 1. The van der Waals surface area contributed by atoms with E-state index in [1.165, 1.54) is 23.1 Å². The van der Waals surface area contributed by atoms with Crippen molar-refractivity contribution in [1.82, 2.24) is 0 Å². The van der Waals surface area contributed by atoms with Gasteiger partial charge in [0.15, 0.2) is 15.0 Å². The zero-order valence-electron chi connectivity index (χ0n) is 14.9. The zero-order chi connectivity index (χ0) is 21.4. The molecule has 2 saturated heterocycles. The predicted molar refractivity (Wildman–Crippen MR) is 102 cm³/mol. The molecule has 0 saturated carbocycles. The summed E-state index contributed by atoms with van der Waals surface area (Å²) in [5.41, 5.74) is -1.20. The molecule has 12 heteroatoms. The van der Waals surface area contributed by atoms with Gasteiger partial charge in [-0.3, -0.25) is 9.59 Å². The number of fused-ring (bicyclic) bond motifs is 1. The van der Waals surface area contributed by atoms with Gasteiger partial charge < -0.3 is 10.0 Å². The number of aliphatic carboxylic acids is 1. The average Bonchev–Trinajstić information content (AvgIpc) is 3.04. The minimum atomic E-state index is -4.67. The number of amidine groups is 1. The minimum Gasteiger partial charge on any atom is -0.481 e. The Kier molecular flexibility index (Phi) is 5.95. The monoisotopic (exact) mass is 450 g/mol. The number of alkyl halides is 3. The molecule has 3 rings (SSSR count). The minimum absolute atomic E-state index is 0.00641. The second kappa shape index (κ2) is 7.98. The maximum absolute atomic E-state index is 13.5. The van der Waals surface area contributed by atoms with Crippen LogP contribution in [-0.4, -0.2) is 53.4 Å². The third-order valence-electron chi connectivity index (χ3n) is 4.54. The van der Waals surface area contributed by atoms with Crippen LogP contribution in [0.5, 0.6) is 0 Å². The van der Waals surface area contributed by atoms with Gasteiger partial charge in [-0.2, -0.15) is 18.2 Å². The van der Waals surface area contributed by atoms with Crippen molar-refractivity contribution >= 4 is 44.3 Å². The van der Waals surface area contributed by atoms with Gasteiger partial charge in [0, 0.05) is 18.1 Å². The van der Waals surface area contributed by atoms with Crippen LogP contribution in [0.1, 0.15) is 24.8 Å². The van der Waals surface area contributed by atoms with E-state index in [0.29, 0.717) is 0 Å². The van der Waals surface area contributed by atoms with Crippen LogP contribution < -0.4 is 4.90 Å². The number of thioether (sulfide) groups is 1. The third kappa shape index (κ3) is 4.92. The lowest BCUT2D eigenvalue weighted by molar-refractivity contribution is -0.138. The Morgan fingerprint density at radius 1 is 1.21 bits per heavy atom. The number of carboxylic acid groups (broad SMARTS) is 1. The van der Waals surface area contributed by atoms with Crippen LogP contribution in [0.15, 0.2) is 29.3 Å². The van der Waals surface area contributed by atoms with E-state index in [0.717, 1.165) is 17.8 Å². The molecule has 1 aromatic rings. The molecule has 2 atom stereocenters. The van der Waals surface area contributed by atoms with Gasteiger partial charge >= 0.3 is 12.1 Å². The normalized spacial score (nSPS) is 24.7. The molecule has 1 aromatic carbocycles. The van der Waals surface area contributed by atoms with Gasteiger partial charge in [-0.25, -0.2) is 8.42 Å². The number of carbonyl (C=O) groups is 2. The van der Waals surface area contributed by atoms with Gasteiger partial charge in [0.25, 0.3) is 0 Å². The smallest absolute Gasteiger partial charge is 0.418 e. The third-order valence-corrected chi connectivity index (χ3v) is 7.75. The van der Waals surface area contributed by atoms with E-state index >= 15 is 0 Å². The van der Waals surface area contributed by atoms with Crippen molar-refractivity contribution in [1.29, 1.82) is 0 Å². The summed E-state index contributed by atoms with van der Waals surface area (Å²) in [5, 5.41) is 8.11. The fourth-order valence-corrected chi connectivity index (χ4v) is 7.25. The Hall–Kier alpha value is -2.08. The Labute approximate surface area is 168 Å². The molecule has 2 fully saturated rings. The quantitative estimate of drug-likeness (QED) is 0.735. The Morgan fingerprint density at radius 2 is 1.90 bits per heavy atom. The van der Waals surface area contributed by atoms with Crippen molar-refractivity contribution in [3.05, 3.63) is 29.8 Å². The maximum atomic E-state index is 13.5. The summed E-state index contributed by atoms with van der Waals surface area (Å²) in [5.74, 6) is -2.27. The Balaban J connectivity index is 1.97. The topological polar surface area (TPSA) is 104 Å². The largest absolute Gasteiger partial charge is 0.481 e. The summed E-state index contributed by atoms with van der Waals surface area (Å²) >= 11 is 0.966. The highest BCUT2D eigenvalue weighted by molar-refractivity contribution is 8.16. The van der Waals surface area contributed by atoms with Gasteiger partial charge in [-0.15, -0.1) is 0 Å². The molecule has 0 aliphatic carbocycles.